The molecule has 7 nitrogen and oxygen atoms in total. The van der Waals surface area contributed by atoms with Crippen LogP contribution in [0.3, 0.4) is 0 Å². The monoisotopic (exact) mass is 493 g/mol. The molecular formula is C27H32ClN5O2. The van der Waals surface area contributed by atoms with Gasteiger partial charge in [0.15, 0.2) is 5.82 Å². The van der Waals surface area contributed by atoms with Gasteiger partial charge in [0.1, 0.15) is 5.69 Å². The van der Waals surface area contributed by atoms with Gasteiger partial charge in [0.25, 0.3) is 0 Å². The minimum absolute atomic E-state index is 0.0431. The van der Waals surface area contributed by atoms with E-state index in [1.54, 1.807) is 0 Å². The molecule has 4 rings (SSSR count). The average Bonchev–Trinajstić information content (AvgIpc) is 3.19. The van der Waals surface area contributed by atoms with Gasteiger partial charge in [-0.25, -0.2) is 4.68 Å². The quantitative estimate of drug-likeness (QED) is 0.487. The van der Waals surface area contributed by atoms with E-state index in [1.807, 2.05) is 80.1 Å². The van der Waals surface area contributed by atoms with Gasteiger partial charge in [0, 0.05) is 36.5 Å². The van der Waals surface area contributed by atoms with Crippen molar-refractivity contribution in [3.63, 3.8) is 0 Å². The second-order valence-corrected chi connectivity index (χ2v) is 9.72. The van der Waals surface area contributed by atoms with Gasteiger partial charge in [-0.1, -0.05) is 55.8 Å². The molecule has 0 saturated carbocycles. The van der Waals surface area contributed by atoms with Crippen molar-refractivity contribution in [2.45, 2.75) is 40.2 Å². The molecule has 0 spiro atoms. The molecule has 1 aliphatic heterocycles. The minimum Gasteiger partial charge on any atom is -0.355 e. The number of benzene rings is 2. The highest BCUT2D eigenvalue weighted by Gasteiger charge is 2.30. The van der Waals surface area contributed by atoms with E-state index in [-0.39, 0.29) is 23.7 Å². The first-order valence-electron chi connectivity index (χ1n) is 12.1. The zero-order valence-corrected chi connectivity index (χ0v) is 21.2. The fourth-order valence-corrected chi connectivity index (χ4v) is 4.39. The van der Waals surface area contributed by atoms with Gasteiger partial charge < -0.3 is 15.5 Å². The molecule has 0 unspecified atom stereocenters. The third kappa shape index (κ3) is 5.85. The van der Waals surface area contributed by atoms with Crippen LogP contribution < -0.4 is 15.5 Å². The van der Waals surface area contributed by atoms with E-state index < -0.39 is 0 Å². The van der Waals surface area contributed by atoms with Crippen molar-refractivity contribution in [1.29, 1.82) is 0 Å². The number of carbonyl (C=O) groups excluding carboxylic acids is 2. The summed E-state index contributed by atoms with van der Waals surface area (Å²) in [7, 11) is 0. The van der Waals surface area contributed by atoms with Crippen LogP contribution in [0.4, 0.5) is 11.5 Å². The first-order chi connectivity index (χ1) is 16.8. The van der Waals surface area contributed by atoms with E-state index in [1.165, 1.54) is 0 Å². The molecule has 35 heavy (non-hydrogen) atoms. The van der Waals surface area contributed by atoms with E-state index >= 15 is 0 Å². The predicted octanol–water partition coefficient (Wildman–Crippen LogP) is 4.96. The number of amides is 2. The molecule has 0 radical (unpaired) electrons. The normalized spacial score (nSPS) is 14.3. The number of para-hydroxylation sites is 1. The Kier molecular flexibility index (Phi) is 7.76. The molecule has 3 aromatic rings. The van der Waals surface area contributed by atoms with Crippen molar-refractivity contribution in [1.82, 2.24) is 15.1 Å². The zero-order valence-electron chi connectivity index (χ0n) is 20.4. The van der Waals surface area contributed by atoms with Gasteiger partial charge in [-0.05, 0) is 49.6 Å². The highest BCUT2D eigenvalue weighted by Crippen LogP contribution is 2.35. The number of carbonyl (C=O) groups is 2. The van der Waals surface area contributed by atoms with Crippen LogP contribution in [0.25, 0.3) is 5.69 Å². The third-order valence-corrected chi connectivity index (χ3v) is 6.61. The second kappa shape index (κ2) is 11.0. The number of aryl methyl sites for hydroxylation is 1. The second-order valence-electron chi connectivity index (χ2n) is 9.28. The van der Waals surface area contributed by atoms with E-state index in [9.17, 15) is 9.59 Å². The minimum atomic E-state index is -0.141. The third-order valence-electron chi connectivity index (χ3n) is 6.35. The molecular weight excluding hydrogens is 462 g/mol. The van der Waals surface area contributed by atoms with Crippen LogP contribution >= 0.6 is 11.6 Å². The summed E-state index contributed by atoms with van der Waals surface area (Å²) in [6, 6.07) is 17.4. The smallest absolute Gasteiger partial charge is 0.227 e. The van der Waals surface area contributed by atoms with Gasteiger partial charge in [-0.2, -0.15) is 5.10 Å². The summed E-state index contributed by atoms with van der Waals surface area (Å²) in [5.41, 5.74) is 3.45. The number of halogens is 1. The van der Waals surface area contributed by atoms with Crippen molar-refractivity contribution in [2.24, 2.45) is 11.8 Å². The number of nitrogens with one attached hydrogen (secondary N) is 2. The molecule has 2 amide bonds. The Morgan fingerprint density at radius 1 is 1.06 bits per heavy atom. The predicted molar refractivity (Wildman–Crippen MR) is 140 cm³/mol. The molecule has 1 saturated heterocycles. The summed E-state index contributed by atoms with van der Waals surface area (Å²) >= 11 is 5.94. The van der Waals surface area contributed by atoms with Crippen molar-refractivity contribution in [3.8, 4) is 5.69 Å². The van der Waals surface area contributed by atoms with Crippen molar-refractivity contribution in [3.05, 3.63) is 70.9 Å². The maximum Gasteiger partial charge on any atom is 0.227 e. The Morgan fingerprint density at radius 3 is 2.34 bits per heavy atom. The standard InChI is InChI=1S/C27H32ClN5O2/c1-18(2)25(34)30-24-19(3)31-33(23-7-5-4-6-8-23)27(24)32-15-13-21(14-16-32)26(35)29-17-20-9-11-22(28)12-10-20/h4-12,18,21H,13-17H2,1-3H3,(H,29,35)(H,30,34). The van der Waals surface area contributed by atoms with Crippen LogP contribution in [0.15, 0.2) is 54.6 Å². The van der Waals surface area contributed by atoms with Crippen LogP contribution in [0.1, 0.15) is 37.9 Å². The fraction of sp³-hybridized carbons (Fsp3) is 0.370. The molecule has 2 heterocycles. The number of anilines is 2. The largest absolute Gasteiger partial charge is 0.355 e. The average molecular weight is 494 g/mol. The highest BCUT2D eigenvalue weighted by atomic mass is 35.5. The lowest BCUT2D eigenvalue weighted by Crippen LogP contribution is -2.41. The van der Waals surface area contributed by atoms with E-state index in [0.717, 1.165) is 41.3 Å². The van der Waals surface area contributed by atoms with Gasteiger partial charge in [0.05, 0.1) is 11.4 Å². The van der Waals surface area contributed by atoms with Crippen molar-refractivity contribution in [2.75, 3.05) is 23.3 Å². The SMILES string of the molecule is Cc1nn(-c2ccccc2)c(N2CCC(C(=O)NCc3ccc(Cl)cc3)CC2)c1NC(=O)C(C)C. The number of nitrogens with zero attached hydrogens (tertiary/aromatic N) is 3. The number of aromatic nitrogens is 2. The molecule has 1 aliphatic rings. The summed E-state index contributed by atoms with van der Waals surface area (Å²) in [6.45, 7) is 7.54. The number of hydrogen-bond donors (Lipinski definition) is 2. The van der Waals surface area contributed by atoms with Crippen molar-refractivity contribution >= 4 is 34.9 Å². The molecule has 1 aromatic heterocycles. The molecule has 2 aromatic carbocycles. The Balaban J connectivity index is 1.49. The Hall–Kier alpha value is -3.32. The lowest BCUT2D eigenvalue weighted by Gasteiger charge is -2.33. The Bertz CT molecular complexity index is 1170. The first kappa shape index (κ1) is 24.8. The van der Waals surface area contributed by atoms with E-state index in [4.69, 9.17) is 16.7 Å². The summed E-state index contributed by atoms with van der Waals surface area (Å²) in [6.07, 6.45) is 1.45. The Labute approximate surface area is 211 Å². The van der Waals surface area contributed by atoms with Gasteiger partial charge in [-0.15, -0.1) is 0 Å². The molecule has 2 N–H and O–H groups in total. The summed E-state index contributed by atoms with van der Waals surface area (Å²) < 4.78 is 1.90. The molecule has 184 valence electrons. The highest BCUT2D eigenvalue weighted by molar-refractivity contribution is 6.30. The van der Waals surface area contributed by atoms with Crippen LogP contribution in [0.2, 0.25) is 5.02 Å². The number of hydrogen-bond acceptors (Lipinski definition) is 4. The topological polar surface area (TPSA) is 79.3 Å². The summed E-state index contributed by atoms with van der Waals surface area (Å²) in [4.78, 5) is 27.6. The van der Waals surface area contributed by atoms with Gasteiger partial charge in [-0.3, -0.25) is 9.59 Å². The molecule has 0 bridgehead atoms. The molecule has 0 atom stereocenters. The lowest BCUT2D eigenvalue weighted by atomic mass is 9.95. The zero-order chi connectivity index (χ0) is 24.9. The summed E-state index contributed by atoms with van der Waals surface area (Å²) in [5.74, 6) is 0.695. The maximum absolute atomic E-state index is 12.8. The summed E-state index contributed by atoms with van der Waals surface area (Å²) in [5, 5.41) is 11.6. The van der Waals surface area contributed by atoms with Gasteiger partial charge >= 0.3 is 0 Å². The first-order valence-corrected chi connectivity index (χ1v) is 12.4. The van der Waals surface area contributed by atoms with Crippen LogP contribution in [-0.4, -0.2) is 34.7 Å². The lowest BCUT2D eigenvalue weighted by molar-refractivity contribution is -0.125. The Morgan fingerprint density at radius 2 is 1.71 bits per heavy atom. The van der Waals surface area contributed by atoms with E-state index in [0.29, 0.717) is 24.7 Å². The molecule has 8 heteroatoms. The van der Waals surface area contributed by atoms with Crippen LogP contribution in [-0.2, 0) is 16.1 Å². The van der Waals surface area contributed by atoms with Crippen LogP contribution in [0.5, 0.6) is 0 Å². The van der Waals surface area contributed by atoms with E-state index in [2.05, 4.69) is 15.5 Å². The number of rotatable bonds is 7. The molecule has 0 aliphatic carbocycles. The molecule has 1 fully saturated rings. The van der Waals surface area contributed by atoms with Crippen LogP contribution in [0, 0.1) is 18.8 Å². The fourth-order valence-electron chi connectivity index (χ4n) is 4.26. The van der Waals surface area contributed by atoms with Crippen molar-refractivity contribution < 1.29 is 9.59 Å². The maximum atomic E-state index is 12.8. The van der Waals surface area contributed by atoms with Gasteiger partial charge in [0.2, 0.25) is 11.8 Å². The number of piperidine rings is 1.